The molecular formula is C18H20N4S. The van der Waals surface area contributed by atoms with Gasteiger partial charge >= 0.3 is 0 Å². The predicted molar refractivity (Wildman–Crippen MR) is 93.6 cm³/mol. The highest BCUT2D eigenvalue weighted by Gasteiger charge is 2.18. The first-order valence-electron chi connectivity index (χ1n) is 7.88. The Morgan fingerprint density at radius 1 is 1.17 bits per heavy atom. The summed E-state index contributed by atoms with van der Waals surface area (Å²) in [5.74, 6) is 1.03. The van der Waals surface area contributed by atoms with Crippen LogP contribution in [0.3, 0.4) is 0 Å². The molecule has 0 aliphatic heterocycles. The summed E-state index contributed by atoms with van der Waals surface area (Å²) in [6.45, 7) is 8.67. The largest absolute Gasteiger partial charge is 0.216 e. The minimum Gasteiger partial charge on any atom is -0.216 e. The Morgan fingerprint density at radius 2 is 1.87 bits per heavy atom. The van der Waals surface area contributed by atoms with Crippen molar-refractivity contribution in [2.24, 2.45) is 5.92 Å². The zero-order valence-corrected chi connectivity index (χ0v) is 14.7. The van der Waals surface area contributed by atoms with Gasteiger partial charge in [0, 0.05) is 12.0 Å². The van der Waals surface area contributed by atoms with E-state index in [1.807, 2.05) is 12.1 Å². The number of nitrogens with zero attached hydrogens (tertiary/aromatic N) is 4. The summed E-state index contributed by atoms with van der Waals surface area (Å²) < 4.78 is 1.69. The van der Waals surface area contributed by atoms with Gasteiger partial charge < -0.3 is 0 Å². The van der Waals surface area contributed by atoms with Crippen LogP contribution >= 0.6 is 11.3 Å². The third-order valence-corrected chi connectivity index (χ3v) is 4.72. The zero-order chi connectivity index (χ0) is 16.6. The molecule has 0 bridgehead atoms. The molecule has 0 atom stereocenters. The van der Waals surface area contributed by atoms with Gasteiger partial charge in [0.2, 0.25) is 4.96 Å². The van der Waals surface area contributed by atoms with E-state index in [0.29, 0.717) is 17.5 Å². The van der Waals surface area contributed by atoms with Gasteiger partial charge in [0.15, 0.2) is 5.69 Å². The van der Waals surface area contributed by atoms with Gasteiger partial charge in [0.25, 0.3) is 0 Å². The van der Waals surface area contributed by atoms with Crippen LogP contribution in [0.1, 0.15) is 49.9 Å². The second-order valence-corrected chi connectivity index (χ2v) is 7.53. The standard InChI is InChI=1S/C18H20N4S/c1-11(2)9-16-21-22-15(10-19)17(20-18(22)23-16)14-7-5-13(6-8-14)12(3)4/h5-8,11-12H,9H2,1-4H3. The average Bonchev–Trinajstić information content (AvgIpc) is 3.03. The molecule has 0 aliphatic carbocycles. The first kappa shape index (κ1) is 15.7. The number of imidazole rings is 1. The fraction of sp³-hybridized carbons (Fsp3) is 0.389. The lowest BCUT2D eigenvalue weighted by atomic mass is 10.0. The lowest BCUT2D eigenvalue weighted by Gasteiger charge is -2.05. The molecule has 0 fully saturated rings. The van der Waals surface area contributed by atoms with Gasteiger partial charge in [-0.3, -0.25) is 0 Å². The van der Waals surface area contributed by atoms with Crippen molar-refractivity contribution in [2.45, 2.75) is 40.0 Å². The molecule has 118 valence electrons. The SMILES string of the molecule is CC(C)Cc1nn2c(C#N)c(-c3ccc(C(C)C)cc3)nc2s1. The molecule has 23 heavy (non-hydrogen) atoms. The van der Waals surface area contributed by atoms with E-state index in [2.05, 4.69) is 56.0 Å². The number of rotatable bonds is 4. The van der Waals surface area contributed by atoms with Crippen molar-refractivity contribution in [3.8, 4) is 17.3 Å². The van der Waals surface area contributed by atoms with Crippen LogP contribution in [0.4, 0.5) is 0 Å². The second kappa shape index (κ2) is 6.13. The summed E-state index contributed by atoms with van der Waals surface area (Å²) in [4.78, 5) is 5.44. The van der Waals surface area contributed by atoms with Crippen LogP contribution in [0.15, 0.2) is 24.3 Å². The first-order chi connectivity index (χ1) is 11.0. The molecule has 0 spiro atoms. The molecule has 4 nitrogen and oxygen atoms in total. The maximum atomic E-state index is 9.55. The molecule has 0 aliphatic rings. The molecule has 0 saturated heterocycles. The van der Waals surface area contributed by atoms with Crippen molar-refractivity contribution < 1.29 is 0 Å². The van der Waals surface area contributed by atoms with E-state index in [1.165, 1.54) is 5.56 Å². The zero-order valence-electron chi connectivity index (χ0n) is 13.9. The van der Waals surface area contributed by atoms with Crippen molar-refractivity contribution in [1.29, 1.82) is 5.26 Å². The summed E-state index contributed by atoms with van der Waals surface area (Å²) in [7, 11) is 0. The number of benzene rings is 1. The normalized spacial score (nSPS) is 11.5. The highest BCUT2D eigenvalue weighted by atomic mass is 32.1. The summed E-state index contributed by atoms with van der Waals surface area (Å²) in [5, 5.41) is 15.1. The number of fused-ring (bicyclic) bond motifs is 1. The first-order valence-corrected chi connectivity index (χ1v) is 8.70. The molecule has 3 aromatic rings. The van der Waals surface area contributed by atoms with Gasteiger partial charge in [-0.2, -0.15) is 14.9 Å². The topological polar surface area (TPSA) is 54.0 Å². The Balaban J connectivity index is 2.04. The Morgan fingerprint density at radius 3 is 2.43 bits per heavy atom. The molecule has 0 N–H and O–H groups in total. The Hall–Kier alpha value is -2.19. The lowest BCUT2D eigenvalue weighted by molar-refractivity contribution is 0.636. The van der Waals surface area contributed by atoms with Crippen LogP contribution in [0.25, 0.3) is 16.2 Å². The van der Waals surface area contributed by atoms with Gasteiger partial charge in [0.05, 0.1) is 0 Å². The highest BCUT2D eigenvalue weighted by molar-refractivity contribution is 7.16. The molecule has 0 unspecified atom stereocenters. The van der Waals surface area contributed by atoms with E-state index in [-0.39, 0.29) is 0 Å². The van der Waals surface area contributed by atoms with Crippen LogP contribution < -0.4 is 0 Å². The van der Waals surface area contributed by atoms with E-state index in [1.54, 1.807) is 15.9 Å². The van der Waals surface area contributed by atoms with Crippen LogP contribution in [0.5, 0.6) is 0 Å². The van der Waals surface area contributed by atoms with E-state index in [0.717, 1.165) is 27.6 Å². The number of hydrogen-bond donors (Lipinski definition) is 0. The molecule has 2 aromatic heterocycles. The van der Waals surface area contributed by atoms with Crippen molar-refractivity contribution in [3.05, 3.63) is 40.5 Å². The van der Waals surface area contributed by atoms with Crippen molar-refractivity contribution in [1.82, 2.24) is 14.6 Å². The minimum atomic E-state index is 0.491. The second-order valence-electron chi connectivity index (χ2n) is 6.49. The molecule has 3 rings (SSSR count). The van der Waals surface area contributed by atoms with Gasteiger partial charge in [0.1, 0.15) is 16.8 Å². The van der Waals surface area contributed by atoms with E-state index < -0.39 is 0 Å². The van der Waals surface area contributed by atoms with Crippen molar-refractivity contribution in [3.63, 3.8) is 0 Å². The number of nitriles is 1. The molecule has 2 heterocycles. The fourth-order valence-electron chi connectivity index (χ4n) is 2.55. The van der Waals surface area contributed by atoms with Crippen molar-refractivity contribution in [2.75, 3.05) is 0 Å². The Kier molecular flexibility index (Phi) is 4.18. The molecule has 0 radical (unpaired) electrons. The minimum absolute atomic E-state index is 0.491. The smallest absolute Gasteiger partial charge is 0.214 e. The van der Waals surface area contributed by atoms with Gasteiger partial charge in [-0.15, -0.1) is 0 Å². The van der Waals surface area contributed by atoms with Crippen LogP contribution in [-0.4, -0.2) is 14.6 Å². The van der Waals surface area contributed by atoms with E-state index >= 15 is 0 Å². The summed E-state index contributed by atoms with van der Waals surface area (Å²) >= 11 is 1.57. The molecule has 5 heteroatoms. The highest BCUT2D eigenvalue weighted by Crippen LogP contribution is 2.28. The molecule has 0 amide bonds. The van der Waals surface area contributed by atoms with Gasteiger partial charge in [-0.1, -0.05) is 63.3 Å². The summed E-state index contributed by atoms with van der Waals surface area (Å²) in [6.07, 6.45) is 0.914. The van der Waals surface area contributed by atoms with Crippen LogP contribution in [0.2, 0.25) is 0 Å². The van der Waals surface area contributed by atoms with E-state index in [9.17, 15) is 5.26 Å². The predicted octanol–water partition coefficient (Wildman–Crippen LogP) is 4.65. The number of hydrogen-bond acceptors (Lipinski definition) is 4. The Labute approximate surface area is 140 Å². The van der Waals surface area contributed by atoms with Gasteiger partial charge in [-0.05, 0) is 17.4 Å². The number of aromatic nitrogens is 3. The third kappa shape index (κ3) is 2.99. The summed E-state index contributed by atoms with van der Waals surface area (Å²) in [6, 6.07) is 10.6. The van der Waals surface area contributed by atoms with E-state index in [4.69, 9.17) is 0 Å². The maximum Gasteiger partial charge on any atom is 0.214 e. The summed E-state index contributed by atoms with van der Waals surface area (Å²) in [5.41, 5.74) is 3.49. The average molecular weight is 324 g/mol. The third-order valence-electron chi connectivity index (χ3n) is 3.78. The van der Waals surface area contributed by atoms with Crippen LogP contribution in [-0.2, 0) is 6.42 Å². The maximum absolute atomic E-state index is 9.55. The molecular weight excluding hydrogens is 304 g/mol. The monoisotopic (exact) mass is 324 g/mol. The molecule has 1 aromatic carbocycles. The van der Waals surface area contributed by atoms with Crippen molar-refractivity contribution >= 4 is 16.3 Å². The lowest BCUT2D eigenvalue weighted by Crippen LogP contribution is -1.96. The quantitative estimate of drug-likeness (QED) is 0.702. The fourth-order valence-corrected chi connectivity index (χ4v) is 3.65. The van der Waals surface area contributed by atoms with Crippen LogP contribution in [0, 0.1) is 17.2 Å². The molecule has 0 saturated carbocycles. The Bertz CT molecular complexity index is 863. The van der Waals surface area contributed by atoms with Gasteiger partial charge in [-0.25, -0.2) is 4.98 Å².